The predicted molar refractivity (Wildman–Crippen MR) is 34.3 cm³/mol. The van der Waals surface area contributed by atoms with E-state index >= 15 is 0 Å². The quantitative estimate of drug-likeness (QED) is 0.468. The van der Waals surface area contributed by atoms with Gasteiger partial charge in [-0.25, -0.2) is 0 Å². The summed E-state index contributed by atoms with van der Waals surface area (Å²) in [4.78, 5) is 0. The van der Waals surface area contributed by atoms with Gasteiger partial charge >= 0.3 is 29.1 Å². The number of rotatable bonds is 4. The molecule has 9 nitrogen and oxygen atoms in total. The molecule has 0 fully saturated rings. The second-order valence-electron chi connectivity index (χ2n) is 1.27. The van der Waals surface area contributed by atoms with Crippen molar-refractivity contribution in [3.63, 3.8) is 0 Å². The van der Waals surface area contributed by atoms with Crippen LogP contribution in [-0.2, 0) is 33.3 Å². The predicted octanol–water partition coefficient (Wildman–Crippen LogP) is -0.985. The van der Waals surface area contributed by atoms with Crippen LogP contribution in [0.4, 0.5) is 0 Å². The summed E-state index contributed by atoms with van der Waals surface area (Å²) >= 11 is 0. The monoisotopic (exact) mass is 242 g/mol. The molecule has 0 bridgehead atoms. The first-order chi connectivity index (χ1) is 5.10. The normalized spacial score (nSPS) is 13.6. The maximum Gasteiger partial charge on any atom is 0.404 e. The van der Waals surface area contributed by atoms with Crippen LogP contribution < -0.4 is 0 Å². The van der Waals surface area contributed by atoms with Crippen molar-refractivity contribution < 1.29 is 38.4 Å². The van der Waals surface area contributed by atoms with Crippen LogP contribution in [0.1, 0.15) is 0 Å². The zero-order chi connectivity index (χ0) is 9.99. The Kier molecular flexibility index (Phi) is 3.78. The Morgan fingerprint density at radius 1 is 0.917 bits per heavy atom. The van der Waals surface area contributed by atoms with Gasteiger partial charge in [0.2, 0.25) is 0 Å². The molecule has 0 saturated heterocycles. The summed E-state index contributed by atoms with van der Waals surface area (Å²) in [5.41, 5.74) is 0. The average Bonchev–Trinajstić information content (AvgIpc) is 1.49. The van der Waals surface area contributed by atoms with Crippen molar-refractivity contribution in [2.45, 2.75) is 0 Å². The van der Waals surface area contributed by atoms with E-state index in [1.165, 1.54) is 0 Å². The highest BCUT2D eigenvalue weighted by molar-refractivity contribution is 7.87. The molecule has 0 aliphatic heterocycles. The van der Waals surface area contributed by atoms with E-state index < -0.39 is 29.1 Å². The van der Waals surface area contributed by atoms with E-state index in [1.54, 1.807) is 0 Å². The second-order valence-corrected chi connectivity index (χ2v) is 4.82. The first-order valence-electron chi connectivity index (χ1n) is 1.98. The van der Waals surface area contributed by atoms with Gasteiger partial charge in [0.25, 0.3) is 0 Å². The largest absolute Gasteiger partial charge is 0.404 e. The average molecular weight is 242 g/mol. The van der Waals surface area contributed by atoms with Crippen LogP contribution in [0, 0.1) is 0 Å². The molecule has 0 aliphatic rings. The lowest BCUT2D eigenvalue weighted by Crippen LogP contribution is -2.02. The van der Waals surface area contributed by atoms with E-state index in [-0.39, 0.29) is 0 Å². The molecule has 74 valence electrons. The third-order valence-corrected chi connectivity index (χ3v) is 3.12. The zero-order valence-electron chi connectivity index (χ0n) is 5.07. The molecule has 0 aromatic carbocycles. The Labute approximate surface area is 68.2 Å². The van der Waals surface area contributed by atoms with Crippen LogP contribution in [0.25, 0.3) is 0 Å². The summed E-state index contributed by atoms with van der Waals surface area (Å²) in [5.74, 6) is 0. The lowest BCUT2D eigenvalue weighted by atomic mass is 15.7. The van der Waals surface area contributed by atoms with E-state index in [0.717, 1.165) is 0 Å². The molecule has 0 heterocycles. The van der Waals surface area contributed by atoms with Gasteiger partial charge < -0.3 is 0 Å². The minimum absolute atomic E-state index is 3.13. The van der Waals surface area contributed by atoms with Gasteiger partial charge in [-0.05, 0) is 0 Å². The van der Waals surface area contributed by atoms with Gasteiger partial charge in [-0.15, -0.1) is 0 Å². The fraction of sp³-hybridized carbons (Fsp3) is 0. The molecule has 0 aromatic rings. The molecular weight excluding hydrogens is 239 g/mol. The minimum atomic E-state index is -5.06. The van der Waals surface area contributed by atoms with Gasteiger partial charge in [-0.3, -0.25) is 13.7 Å². The fourth-order valence-electron chi connectivity index (χ4n) is 0.186. The highest BCUT2D eigenvalue weighted by Crippen LogP contribution is 2.27. The lowest BCUT2D eigenvalue weighted by molar-refractivity contribution is 0.339. The molecule has 0 unspecified atom stereocenters. The van der Waals surface area contributed by atoms with E-state index in [1.807, 2.05) is 0 Å². The van der Waals surface area contributed by atoms with Crippen LogP contribution in [0.15, 0.2) is 0 Å². The van der Waals surface area contributed by atoms with E-state index in [0.29, 0.717) is 0 Å². The topological polar surface area (TPSA) is 144 Å². The van der Waals surface area contributed by atoms with Crippen molar-refractivity contribution in [3.8, 4) is 0 Å². The van der Waals surface area contributed by atoms with Crippen LogP contribution in [0.5, 0.6) is 0 Å². The van der Waals surface area contributed by atoms with Gasteiger partial charge in [0.15, 0.2) is 0 Å². The Balaban J connectivity index is 4.30. The van der Waals surface area contributed by atoms with Gasteiger partial charge in [-0.1, -0.05) is 0 Å². The highest BCUT2D eigenvalue weighted by Gasteiger charge is 2.17. The van der Waals surface area contributed by atoms with Crippen molar-refractivity contribution in [1.82, 2.24) is 0 Å². The van der Waals surface area contributed by atoms with Crippen LogP contribution >= 0.6 is 8.25 Å². The van der Waals surface area contributed by atoms with Crippen LogP contribution in [0.2, 0.25) is 0 Å². The minimum Gasteiger partial charge on any atom is -0.263 e. The summed E-state index contributed by atoms with van der Waals surface area (Å²) in [6.07, 6.45) is 0. The Hall–Kier alpha value is -0.0300. The fourth-order valence-corrected chi connectivity index (χ4v) is 1.92. The summed E-state index contributed by atoms with van der Waals surface area (Å²) < 4.78 is 70.9. The van der Waals surface area contributed by atoms with Gasteiger partial charge in [0.05, 0.1) is 0 Å². The molecule has 0 radical (unpaired) electrons. The second kappa shape index (κ2) is 3.79. The van der Waals surface area contributed by atoms with Crippen LogP contribution in [-0.4, -0.2) is 25.9 Å². The van der Waals surface area contributed by atoms with Gasteiger partial charge in [0.1, 0.15) is 0 Å². The third-order valence-electron chi connectivity index (χ3n) is 0.347. The molecule has 0 aliphatic carbocycles. The highest BCUT2D eigenvalue weighted by atomic mass is 32.3. The molecule has 0 spiro atoms. The summed E-state index contributed by atoms with van der Waals surface area (Å²) in [6, 6.07) is 0. The molecule has 0 aromatic heterocycles. The molecule has 0 atom stereocenters. The molecule has 0 saturated carbocycles. The lowest BCUT2D eigenvalue weighted by Gasteiger charge is -1.97. The Morgan fingerprint density at radius 2 is 1.17 bits per heavy atom. The standard InChI is InChI=1S/H3O9PS2/c1-10(8-11(2,3)4)9-12(5,6)7/h10H,(H,2,3,4)(H,5,6,7). The van der Waals surface area contributed by atoms with E-state index in [4.69, 9.17) is 9.11 Å². The first kappa shape index (κ1) is 12.0. The van der Waals surface area contributed by atoms with Crippen molar-refractivity contribution >= 4 is 29.1 Å². The maximum atomic E-state index is 10.1. The summed E-state index contributed by atoms with van der Waals surface area (Å²) in [5, 5.41) is 0. The molecule has 2 N–H and O–H groups in total. The maximum absolute atomic E-state index is 10.1. The molecule has 12 heavy (non-hydrogen) atoms. The molecule has 0 rings (SSSR count). The Bertz CT molecular complexity index is 319. The third kappa shape index (κ3) is 8.07. The summed E-state index contributed by atoms with van der Waals surface area (Å²) in [6.45, 7) is 0. The summed E-state index contributed by atoms with van der Waals surface area (Å²) in [7, 11) is -14.2. The zero-order valence-corrected chi connectivity index (χ0v) is 7.70. The van der Waals surface area contributed by atoms with Gasteiger partial charge in [0, 0.05) is 0 Å². The van der Waals surface area contributed by atoms with Crippen molar-refractivity contribution in [1.29, 1.82) is 0 Å². The van der Waals surface area contributed by atoms with Crippen LogP contribution in [0.3, 0.4) is 0 Å². The number of hydrogen-bond acceptors (Lipinski definition) is 7. The molecular formula is H3O9PS2. The molecule has 12 heteroatoms. The van der Waals surface area contributed by atoms with E-state index in [9.17, 15) is 21.4 Å². The number of hydrogen-bond donors (Lipinski definition) is 2. The SMILES string of the molecule is O=[PH](OS(=O)(=O)O)OS(=O)(=O)O. The first-order valence-corrected chi connectivity index (χ1v) is 5.93. The molecule has 0 amide bonds. The smallest absolute Gasteiger partial charge is 0.263 e. The van der Waals surface area contributed by atoms with Gasteiger partial charge in [-0.2, -0.15) is 24.8 Å². The van der Waals surface area contributed by atoms with E-state index in [2.05, 4.69) is 7.94 Å². The van der Waals surface area contributed by atoms with Crippen molar-refractivity contribution in [2.24, 2.45) is 0 Å². The van der Waals surface area contributed by atoms with Crippen molar-refractivity contribution in [3.05, 3.63) is 0 Å². The Morgan fingerprint density at radius 3 is 1.33 bits per heavy atom. The van der Waals surface area contributed by atoms with Crippen molar-refractivity contribution in [2.75, 3.05) is 0 Å².